The standard InChI is InChI=1S/C21H22N2O5S/c1-4-12-11-15(21(27)28-6-3)18(29-12)22-17(24)16(5-2)23-19(25)13-9-7-8-10-14(13)20(23)26/h7-11,16H,4-6H2,1-3H3,(H,22,24). The summed E-state index contributed by atoms with van der Waals surface area (Å²) in [6, 6.07) is 7.22. The van der Waals surface area contributed by atoms with Crippen LogP contribution in [0.1, 0.15) is 63.1 Å². The Labute approximate surface area is 172 Å². The number of esters is 1. The number of carbonyl (C=O) groups excluding carboxylic acids is 4. The molecular formula is C21H22N2O5S. The molecule has 0 saturated carbocycles. The predicted octanol–water partition coefficient (Wildman–Crippen LogP) is 3.50. The zero-order valence-electron chi connectivity index (χ0n) is 16.5. The van der Waals surface area contributed by atoms with Gasteiger partial charge in [-0.3, -0.25) is 19.3 Å². The molecule has 1 aromatic heterocycles. The maximum absolute atomic E-state index is 13.0. The molecule has 0 saturated heterocycles. The normalized spacial score (nSPS) is 14.0. The molecule has 29 heavy (non-hydrogen) atoms. The summed E-state index contributed by atoms with van der Waals surface area (Å²) in [6.45, 7) is 5.60. The number of amides is 3. The van der Waals surface area contributed by atoms with Gasteiger partial charge in [-0.1, -0.05) is 26.0 Å². The Kier molecular flexibility index (Phi) is 6.12. The van der Waals surface area contributed by atoms with Crippen LogP contribution in [0.25, 0.3) is 0 Å². The number of carbonyl (C=O) groups is 4. The third-order valence-electron chi connectivity index (χ3n) is 4.69. The average Bonchev–Trinajstić information content (AvgIpc) is 3.23. The number of thiophene rings is 1. The van der Waals surface area contributed by atoms with Gasteiger partial charge in [0.15, 0.2) is 0 Å². The van der Waals surface area contributed by atoms with Gasteiger partial charge in [0, 0.05) is 4.88 Å². The van der Waals surface area contributed by atoms with E-state index < -0.39 is 29.7 Å². The van der Waals surface area contributed by atoms with Crippen LogP contribution in [0.2, 0.25) is 0 Å². The Hall–Kier alpha value is -3.00. The monoisotopic (exact) mass is 414 g/mol. The number of hydrogen-bond donors (Lipinski definition) is 1. The van der Waals surface area contributed by atoms with Crippen LogP contribution in [0.15, 0.2) is 30.3 Å². The first-order valence-electron chi connectivity index (χ1n) is 9.50. The van der Waals surface area contributed by atoms with Crippen molar-refractivity contribution in [2.75, 3.05) is 11.9 Å². The highest BCUT2D eigenvalue weighted by Crippen LogP contribution is 2.31. The zero-order valence-corrected chi connectivity index (χ0v) is 17.3. The van der Waals surface area contributed by atoms with E-state index in [1.165, 1.54) is 11.3 Å². The van der Waals surface area contributed by atoms with Crippen molar-refractivity contribution in [3.8, 4) is 0 Å². The van der Waals surface area contributed by atoms with Gasteiger partial charge in [0.2, 0.25) is 5.91 Å². The second-order valence-corrected chi connectivity index (χ2v) is 7.61. The summed E-state index contributed by atoms with van der Waals surface area (Å²) >= 11 is 1.28. The van der Waals surface area contributed by atoms with Crippen LogP contribution < -0.4 is 5.32 Å². The summed E-state index contributed by atoms with van der Waals surface area (Å²) in [5, 5.41) is 3.09. The van der Waals surface area contributed by atoms with Crippen LogP contribution in [-0.2, 0) is 16.0 Å². The quantitative estimate of drug-likeness (QED) is 0.553. The summed E-state index contributed by atoms with van der Waals surface area (Å²) in [4.78, 5) is 52.6. The van der Waals surface area contributed by atoms with E-state index >= 15 is 0 Å². The first-order chi connectivity index (χ1) is 13.9. The topological polar surface area (TPSA) is 92.8 Å². The smallest absolute Gasteiger partial charge is 0.341 e. The first kappa shape index (κ1) is 20.7. The van der Waals surface area contributed by atoms with Crippen molar-refractivity contribution in [2.24, 2.45) is 0 Å². The number of rotatable bonds is 7. The Morgan fingerprint density at radius 1 is 1.10 bits per heavy atom. The van der Waals surface area contributed by atoms with E-state index in [-0.39, 0.29) is 18.6 Å². The van der Waals surface area contributed by atoms with Gasteiger partial charge in [0.1, 0.15) is 11.0 Å². The SMILES string of the molecule is CCOC(=O)c1cc(CC)sc1NC(=O)C(CC)N1C(=O)c2ccccc2C1=O. The van der Waals surface area contributed by atoms with E-state index in [0.29, 0.717) is 22.5 Å². The van der Waals surface area contributed by atoms with Gasteiger partial charge >= 0.3 is 5.97 Å². The molecule has 0 aliphatic carbocycles. The maximum atomic E-state index is 13.0. The highest BCUT2D eigenvalue weighted by molar-refractivity contribution is 7.16. The molecule has 1 aliphatic heterocycles. The van der Waals surface area contributed by atoms with Crippen LogP contribution >= 0.6 is 11.3 Å². The summed E-state index contributed by atoms with van der Waals surface area (Å²) in [7, 11) is 0. The zero-order chi connectivity index (χ0) is 21.1. The molecule has 3 rings (SSSR count). The number of nitrogens with one attached hydrogen (secondary N) is 1. The van der Waals surface area contributed by atoms with Crippen LogP contribution in [0, 0.1) is 0 Å². The van der Waals surface area contributed by atoms with Crippen molar-refractivity contribution in [3.05, 3.63) is 51.9 Å². The second kappa shape index (κ2) is 8.57. The number of anilines is 1. The second-order valence-electron chi connectivity index (χ2n) is 6.47. The molecular weight excluding hydrogens is 392 g/mol. The maximum Gasteiger partial charge on any atom is 0.341 e. The molecule has 3 amide bonds. The fourth-order valence-electron chi connectivity index (χ4n) is 3.24. The summed E-state index contributed by atoms with van der Waals surface area (Å²) in [5.41, 5.74) is 0.861. The van der Waals surface area contributed by atoms with Crippen molar-refractivity contribution in [2.45, 2.75) is 39.7 Å². The van der Waals surface area contributed by atoms with E-state index in [2.05, 4.69) is 5.32 Å². The van der Waals surface area contributed by atoms with E-state index in [9.17, 15) is 19.2 Å². The van der Waals surface area contributed by atoms with Crippen molar-refractivity contribution in [1.82, 2.24) is 4.90 Å². The molecule has 0 fully saturated rings. The van der Waals surface area contributed by atoms with Gasteiger partial charge in [-0.15, -0.1) is 11.3 Å². The lowest BCUT2D eigenvalue weighted by Gasteiger charge is -2.24. The summed E-state index contributed by atoms with van der Waals surface area (Å²) in [5.74, 6) is -2.01. The molecule has 1 aromatic carbocycles. The Morgan fingerprint density at radius 3 is 2.24 bits per heavy atom. The third-order valence-corrected chi connectivity index (χ3v) is 5.88. The Bertz CT molecular complexity index is 946. The Morgan fingerprint density at radius 2 is 1.72 bits per heavy atom. The first-order valence-corrected chi connectivity index (χ1v) is 10.3. The van der Waals surface area contributed by atoms with Crippen molar-refractivity contribution in [1.29, 1.82) is 0 Å². The van der Waals surface area contributed by atoms with Crippen LogP contribution in [0.5, 0.6) is 0 Å². The predicted molar refractivity (Wildman–Crippen MR) is 109 cm³/mol. The largest absolute Gasteiger partial charge is 0.462 e. The van der Waals surface area contributed by atoms with Gasteiger partial charge in [0.25, 0.3) is 11.8 Å². The lowest BCUT2D eigenvalue weighted by Crippen LogP contribution is -2.46. The van der Waals surface area contributed by atoms with Gasteiger partial charge < -0.3 is 10.1 Å². The minimum absolute atomic E-state index is 0.218. The van der Waals surface area contributed by atoms with E-state index in [0.717, 1.165) is 9.78 Å². The Balaban J connectivity index is 1.87. The van der Waals surface area contributed by atoms with Gasteiger partial charge in [-0.2, -0.15) is 0 Å². The average molecular weight is 414 g/mol. The minimum Gasteiger partial charge on any atom is -0.462 e. The lowest BCUT2D eigenvalue weighted by atomic mass is 10.1. The fraction of sp³-hybridized carbons (Fsp3) is 0.333. The molecule has 1 atom stereocenters. The lowest BCUT2D eigenvalue weighted by molar-refractivity contribution is -0.120. The number of imide groups is 1. The molecule has 2 heterocycles. The van der Waals surface area contributed by atoms with E-state index in [1.807, 2.05) is 6.92 Å². The van der Waals surface area contributed by atoms with Crippen molar-refractivity contribution >= 4 is 40.0 Å². The number of nitrogens with zero attached hydrogens (tertiary/aromatic N) is 1. The van der Waals surface area contributed by atoms with Crippen LogP contribution in [0.4, 0.5) is 5.00 Å². The summed E-state index contributed by atoms with van der Waals surface area (Å²) < 4.78 is 5.07. The molecule has 0 spiro atoms. The van der Waals surface area contributed by atoms with Crippen molar-refractivity contribution in [3.63, 3.8) is 0 Å². The van der Waals surface area contributed by atoms with Crippen molar-refractivity contribution < 1.29 is 23.9 Å². The molecule has 1 unspecified atom stereocenters. The van der Waals surface area contributed by atoms with E-state index in [4.69, 9.17) is 4.74 Å². The molecule has 0 radical (unpaired) electrons. The number of benzene rings is 1. The van der Waals surface area contributed by atoms with Gasteiger partial charge in [-0.25, -0.2) is 4.79 Å². The number of aryl methyl sites for hydroxylation is 1. The number of hydrogen-bond acceptors (Lipinski definition) is 6. The highest BCUT2D eigenvalue weighted by Gasteiger charge is 2.42. The molecule has 7 nitrogen and oxygen atoms in total. The number of ether oxygens (including phenoxy) is 1. The van der Waals surface area contributed by atoms with Gasteiger partial charge in [-0.05, 0) is 38.0 Å². The highest BCUT2D eigenvalue weighted by atomic mass is 32.1. The van der Waals surface area contributed by atoms with E-state index in [1.54, 1.807) is 44.2 Å². The number of fused-ring (bicyclic) bond motifs is 1. The van der Waals surface area contributed by atoms with Gasteiger partial charge in [0.05, 0.1) is 23.3 Å². The fourth-order valence-corrected chi connectivity index (χ4v) is 4.23. The third kappa shape index (κ3) is 3.80. The molecule has 0 bridgehead atoms. The molecule has 1 aliphatic rings. The van der Waals surface area contributed by atoms with Crippen LogP contribution in [0.3, 0.4) is 0 Å². The molecule has 152 valence electrons. The summed E-state index contributed by atoms with van der Waals surface area (Å²) in [6.07, 6.45) is 0.945. The molecule has 2 aromatic rings. The minimum atomic E-state index is -0.982. The van der Waals surface area contributed by atoms with Crippen LogP contribution in [-0.4, -0.2) is 41.2 Å². The molecule has 1 N–H and O–H groups in total. The molecule has 8 heteroatoms.